The average molecular weight is 401 g/mol. The third-order valence-corrected chi connectivity index (χ3v) is 4.08. The maximum atomic E-state index is 14.0. The fourth-order valence-corrected chi connectivity index (χ4v) is 2.84. The molecular formula is C16H12BrF3N2O2. The fourth-order valence-electron chi connectivity index (χ4n) is 2.51. The normalized spacial score (nSPS) is 13.5. The van der Waals surface area contributed by atoms with Crippen LogP contribution in [0.4, 0.5) is 13.2 Å². The summed E-state index contributed by atoms with van der Waals surface area (Å²) in [5.74, 6) is -0.957. The summed E-state index contributed by atoms with van der Waals surface area (Å²) in [6.07, 6.45) is -1.26. The summed E-state index contributed by atoms with van der Waals surface area (Å²) < 4.78 is 44.1. The first-order chi connectivity index (χ1) is 11.5. The summed E-state index contributed by atoms with van der Waals surface area (Å²) in [6, 6.07) is 6.22. The quantitative estimate of drug-likeness (QED) is 0.766. The van der Waals surface area contributed by atoms with Crippen LogP contribution >= 0.6 is 15.9 Å². The molecule has 4 nitrogen and oxygen atoms in total. The van der Waals surface area contributed by atoms with Crippen LogP contribution in [-0.2, 0) is 13.1 Å². The van der Waals surface area contributed by atoms with Gasteiger partial charge in [0.1, 0.15) is 11.4 Å². The third-order valence-electron chi connectivity index (χ3n) is 3.59. The van der Waals surface area contributed by atoms with Gasteiger partial charge in [-0.2, -0.15) is 0 Å². The van der Waals surface area contributed by atoms with Crippen LogP contribution in [0, 0.1) is 5.82 Å². The second kappa shape index (κ2) is 6.80. The van der Waals surface area contributed by atoms with Gasteiger partial charge >= 0.3 is 0 Å². The van der Waals surface area contributed by atoms with E-state index in [1.165, 1.54) is 17.2 Å². The molecular weight excluding hydrogens is 389 g/mol. The molecule has 0 radical (unpaired) electrons. The number of rotatable bonds is 5. The van der Waals surface area contributed by atoms with Crippen molar-refractivity contribution < 1.29 is 22.7 Å². The van der Waals surface area contributed by atoms with Crippen molar-refractivity contribution >= 4 is 21.8 Å². The predicted molar refractivity (Wildman–Crippen MR) is 83.4 cm³/mol. The molecule has 0 saturated heterocycles. The van der Waals surface area contributed by atoms with Gasteiger partial charge in [-0.25, -0.2) is 18.2 Å². The molecule has 2 aromatic rings. The Balaban J connectivity index is 1.82. The Hall–Kier alpha value is -2.09. The number of nitrogens with zero attached hydrogens (tertiary/aromatic N) is 2. The third kappa shape index (κ3) is 3.38. The molecule has 0 N–H and O–H groups in total. The Morgan fingerprint density at radius 2 is 2.12 bits per heavy atom. The van der Waals surface area contributed by atoms with Crippen LogP contribution in [0.2, 0.25) is 0 Å². The molecule has 1 aromatic carbocycles. The van der Waals surface area contributed by atoms with E-state index in [4.69, 9.17) is 4.74 Å². The van der Waals surface area contributed by atoms with Crippen molar-refractivity contribution in [3.63, 3.8) is 0 Å². The Bertz CT molecular complexity index is 786. The van der Waals surface area contributed by atoms with Crippen LogP contribution < -0.4 is 4.74 Å². The van der Waals surface area contributed by atoms with Gasteiger partial charge < -0.3 is 9.64 Å². The van der Waals surface area contributed by atoms with Gasteiger partial charge in [-0.1, -0.05) is 22.0 Å². The summed E-state index contributed by atoms with van der Waals surface area (Å²) in [5.41, 5.74) is 1.15. The molecule has 8 heteroatoms. The second-order valence-electron chi connectivity index (χ2n) is 5.25. The molecule has 126 valence electrons. The van der Waals surface area contributed by atoms with E-state index in [-0.39, 0.29) is 24.5 Å². The van der Waals surface area contributed by atoms with Gasteiger partial charge in [0, 0.05) is 29.3 Å². The van der Waals surface area contributed by atoms with E-state index in [1.807, 2.05) is 0 Å². The zero-order valence-electron chi connectivity index (χ0n) is 12.3. The number of hydrogen-bond donors (Lipinski definition) is 0. The predicted octanol–water partition coefficient (Wildman–Crippen LogP) is 3.78. The minimum absolute atomic E-state index is 0.0704. The van der Waals surface area contributed by atoms with Crippen molar-refractivity contribution in [2.45, 2.75) is 19.5 Å². The lowest BCUT2D eigenvalue weighted by atomic mass is 10.2. The molecule has 1 aromatic heterocycles. The number of carbonyl (C=O) groups excluding carboxylic acids is 1. The highest BCUT2D eigenvalue weighted by Gasteiger charge is 2.32. The molecule has 1 amide bonds. The highest BCUT2D eigenvalue weighted by molar-refractivity contribution is 9.10. The van der Waals surface area contributed by atoms with Crippen LogP contribution in [0.15, 0.2) is 34.9 Å². The van der Waals surface area contributed by atoms with Gasteiger partial charge in [0.15, 0.2) is 6.61 Å². The first-order valence-electron chi connectivity index (χ1n) is 7.07. The van der Waals surface area contributed by atoms with Gasteiger partial charge in [-0.05, 0) is 23.8 Å². The summed E-state index contributed by atoms with van der Waals surface area (Å²) in [6.45, 7) is -0.518. The average Bonchev–Trinajstić information content (AvgIpc) is 2.85. The van der Waals surface area contributed by atoms with Crippen molar-refractivity contribution in [2.75, 3.05) is 6.61 Å². The lowest BCUT2D eigenvalue weighted by Crippen LogP contribution is -2.24. The first kappa shape index (κ1) is 16.8. The molecule has 24 heavy (non-hydrogen) atoms. The number of hydrogen-bond acceptors (Lipinski definition) is 3. The smallest absolute Gasteiger partial charge is 0.272 e. The summed E-state index contributed by atoms with van der Waals surface area (Å²) in [4.78, 5) is 17.8. The van der Waals surface area contributed by atoms with E-state index in [9.17, 15) is 18.0 Å². The molecule has 0 atom stereocenters. The zero-order valence-corrected chi connectivity index (χ0v) is 13.9. The van der Waals surface area contributed by atoms with Crippen LogP contribution in [0.3, 0.4) is 0 Å². The van der Waals surface area contributed by atoms with Gasteiger partial charge in [0.2, 0.25) is 5.88 Å². The molecule has 2 heterocycles. The molecule has 0 saturated carbocycles. The van der Waals surface area contributed by atoms with Crippen LogP contribution in [0.25, 0.3) is 0 Å². The molecule has 0 spiro atoms. The van der Waals surface area contributed by atoms with Crippen LogP contribution in [-0.4, -0.2) is 28.8 Å². The minimum Gasteiger partial charge on any atom is -0.471 e. The van der Waals surface area contributed by atoms with Gasteiger partial charge in [-0.3, -0.25) is 4.79 Å². The molecule has 0 unspecified atom stereocenters. The Kier molecular flexibility index (Phi) is 4.75. The van der Waals surface area contributed by atoms with Crippen LogP contribution in [0.1, 0.15) is 21.5 Å². The van der Waals surface area contributed by atoms with Gasteiger partial charge in [0.25, 0.3) is 12.3 Å². The van der Waals surface area contributed by atoms with Crippen molar-refractivity contribution in [3.05, 3.63) is 57.4 Å². The largest absolute Gasteiger partial charge is 0.471 e. The number of aromatic nitrogens is 1. The highest BCUT2D eigenvalue weighted by atomic mass is 79.9. The topological polar surface area (TPSA) is 42.4 Å². The first-order valence-corrected chi connectivity index (χ1v) is 7.87. The zero-order chi connectivity index (χ0) is 17.3. The standard InChI is InChI=1S/C16H12BrF3N2O2/c17-11-2-1-9(12(18)5-11)6-22-7-10-3-4-21-15(14(10)16(22)23)24-8-13(19)20/h1-5,13H,6-8H2. The van der Waals surface area contributed by atoms with Gasteiger partial charge in [0.05, 0.1) is 0 Å². The van der Waals surface area contributed by atoms with E-state index >= 15 is 0 Å². The minimum atomic E-state index is -2.66. The maximum Gasteiger partial charge on any atom is 0.272 e. The molecule has 1 aliphatic rings. The molecule has 0 bridgehead atoms. The summed E-state index contributed by atoms with van der Waals surface area (Å²) >= 11 is 3.18. The SMILES string of the molecule is O=C1c2c(ccnc2OCC(F)F)CN1Cc1ccc(Br)cc1F. The fraction of sp³-hybridized carbons (Fsp3) is 0.250. The number of ether oxygens (including phenoxy) is 1. The van der Waals surface area contributed by atoms with E-state index in [0.717, 1.165) is 0 Å². The second-order valence-corrected chi connectivity index (χ2v) is 6.16. The molecule has 0 fully saturated rings. The Morgan fingerprint density at radius 1 is 1.33 bits per heavy atom. The molecule has 3 rings (SSSR count). The number of alkyl halides is 2. The molecule has 0 aliphatic carbocycles. The lowest BCUT2D eigenvalue weighted by Gasteiger charge is -2.16. The summed E-state index contributed by atoms with van der Waals surface area (Å²) in [5, 5.41) is 0. The van der Waals surface area contributed by atoms with E-state index in [2.05, 4.69) is 20.9 Å². The van der Waals surface area contributed by atoms with Crippen molar-refractivity contribution in [2.24, 2.45) is 0 Å². The van der Waals surface area contributed by atoms with Crippen LogP contribution in [0.5, 0.6) is 5.88 Å². The molecule has 1 aliphatic heterocycles. The van der Waals surface area contributed by atoms with Crippen molar-refractivity contribution in [1.82, 2.24) is 9.88 Å². The van der Waals surface area contributed by atoms with E-state index in [0.29, 0.717) is 15.6 Å². The number of benzene rings is 1. The number of pyridine rings is 1. The number of fused-ring (bicyclic) bond motifs is 1. The number of carbonyl (C=O) groups is 1. The Labute approximate surface area is 144 Å². The number of amides is 1. The number of halogens is 4. The van der Waals surface area contributed by atoms with Crippen molar-refractivity contribution in [1.29, 1.82) is 0 Å². The van der Waals surface area contributed by atoms with E-state index in [1.54, 1.807) is 18.2 Å². The lowest BCUT2D eigenvalue weighted by molar-refractivity contribution is 0.0718. The van der Waals surface area contributed by atoms with Crippen molar-refractivity contribution in [3.8, 4) is 5.88 Å². The van der Waals surface area contributed by atoms with E-state index < -0.39 is 24.8 Å². The Morgan fingerprint density at radius 3 is 2.83 bits per heavy atom. The van der Waals surface area contributed by atoms with Gasteiger partial charge in [-0.15, -0.1) is 0 Å². The summed E-state index contributed by atoms with van der Waals surface area (Å²) in [7, 11) is 0. The maximum absolute atomic E-state index is 14.0. The highest BCUT2D eigenvalue weighted by Crippen LogP contribution is 2.31. The monoisotopic (exact) mass is 400 g/mol.